The largest absolute Gasteiger partial charge is 0.404 e. The number of benzene rings is 1. The zero-order chi connectivity index (χ0) is 15.1. The van der Waals surface area contributed by atoms with Gasteiger partial charge in [0.15, 0.2) is 5.41 Å². The second-order valence-corrected chi connectivity index (χ2v) is 4.94. The van der Waals surface area contributed by atoms with Gasteiger partial charge in [0.1, 0.15) is 5.82 Å². The van der Waals surface area contributed by atoms with Crippen LogP contribution in [-0.4, -0.2) is 29.4 Å². The van der Waals surface area contributed by atoms with Crippen molar-refractivity contribution in [1.29, 1.82) is 0 Å². The van der Waals surface area contributed by atoms with Crippen molar-refractivity contribution in [2.24, 2.45) is 0 Å². The summed E-state index contributed by atoms with van der Waals surface area (Å²) in [4.78, 5) is 3.84. The highest BCUT2D eigenvalue weighted by Crippen LogP contribution is 2.45. The van der Waals surface area contributed by atoms with Gasteiger partial charge in [-0.25, -0.2) is 4.39 Å². The minimum absolute atomic E-state index is 0.0555. The van der Waals surface area contributed by atoms with Crippen LogP contribution in [0.4, 0.5) is 17.6 Å². The summed E-state index contributed by atoms with van der Waals surface area (Å²) in [5.74, 6) is -1.06. The Morgan fingerprint density at radius 1 is 1.29 bits per heavy atom. The van der Waals surface area contributed by atoms with Crippen LogP contribution in [0.3, 0.4) is 0 Å². The number of alkyl halides is 3. The Kier molecular flexibility index (Phi) is 3.20. The van der Waals surface area contributed by atoms with E-state index in [1.165, 1.54) is 18.2 Å². The van der Waals surface area contributed by atoms with Gasteiger partial charge < -0.3 is 9.84 Å². The first kappa shape index (κ1) is 14.0. The highest BCUT2D eigenvalue weighted by atomic mass is 19.4. The van der Waals surface area contributed by atoms with Crippen LogP contribution in [0.1, 0.15) is 12.3 Å². The van der Waals surface area contributed by atoms with E-state index in [1.807, 2.05) is 0 Å². The smallest absolute Gasteiger partial charge is 0.338 e. The molecule has 1 aliphatic heterocycles. The number of aromatic nitrogens is 2. The quantitative estimate of drug-likeness (QED) is 0.867. The third-order valence-electron chi connectivity index (χ3n) is 3.62. The standard InChI is InChI=1S/C13H11F4N3O/c14-9-3-1-2-8(6-9)10-19-11(21-20-10)12(13(15,16)17)4-5-18-7-12/h1-3,6,18H,4-5,7H2/t12-/m1/s1. The van der Waals surface area contributed by atoms with Gasteiger partial charge in [0.05, 0.1) is 0 Å². The fourth-order valence-electron chi connectivity index (χ4n) is 2.40. The van der Waals surface area contributed by atoms with Crippen molar-refractivity contribution < 1.29 is 22.1 Å². The summed E-state index contributed by atoms with van der Waals surface area (Å²) in [6, 6.07) is 5.30. The van der Waals surface area contributed by atoms with E-state index in [-0.39, 0.29) is 30.9 Å². The molecule has 0 spiro atoms. The zero-order valence-electron chi connectivity index (χ0n) is 10.7. The van der Waals surface area contributed by atoms with Gasteiger partial charge >= 0.3 is 6.18 Å². The zero-order valence-corrected chi connectivity index (χ0v) is 10.7. The summed E-state index contributed by atoms with van der Waals surface area (Å²) in [6.45, 7) is -0.0848. The number of rotatable bonds is 2. The van der Waals surface area contributed by atoms with Gasteiger partial charge in [-0.2, -0.15) is 18.2 Å². The van der Waals surface area contributed by atoms with Crippen molar-refractivity contribution in [2.45, 2.75) is 18.0 Å². The first-order valence-electron chi connectivity index (χ1n) is 6.30. The molecule has 0 radical (unpaired) electrons. The van der Waals surface area contributed by atoms with Crippen LogP contribution in [-0.2, 0) is 5.41 Å². The fraction of sp³-hybridized carbons (Fsp3) is 0.385. The van der Waals surface area contributed by atoms with Crippen molar-refractivity contribution in [2.75, 3.05) is 13.1 Å². The summed E-state index contributed by atoms with van der Waals surface area (Å²) < 4.78 is 58.0. The van der Waals surface area contributed by atoms with E-state index < -0.39 is 23.3 Å². The molecule has 21 heavy (non-hydrogen) atoms. The molecule has 1 aliphatic rings. The molecule has 3 rings (SSSR count). The number of nitrogens with zero attached hydrogens (tertiary/aromatic N) is 2. The molecule has 0 amide bonds. The summed E-state index contributed by atoms with van der Waals surface area (Å²) in [6.07, 6.45) is -4.66. The minimum atomic E-state index is -4.50. The predicted octanol–water partition coefficient (Wildman–Crippen LogP) is 2.67. The molecule has 0 bridgehead atoms. The van der Waals surface area contributed by atoms with E-state index in [1.54, 1.807) is 0 Å². The molecule has 112 valence electrons. The van der Waals surface area contributed by atoms with E-state index in [4.69, 9.17) is 4.52 Å². The van der Waals surface area contributed by atoms with E-state index in [0.717, 1.165) is 6.07 Å². The van der Waals surface area contributed by atoms with Crippen LogP contribution in [0.5, 0.6) is 0 Å². The predicted molar refractivity (Wildman–Crippen MR) is 64.9 cm³/mol. The maximum atomic E-state index is 13.3. The lowest BCUT2D eigenvalue weighted by atomic mass is 9.86. The molecule has 1 fully saturated rings. The van der Waals surface area contributed by atoms with Crippen LogP contribution in [0.15, 0.2) is 28.8 Å². The van der Waals surface area contributed by atoms with Gasteiger partial charge in [-0.1, -0.05) is 17.3 Å². The second kappa shape index (κ2) is 4.80. The molecular formula is C13H11F4N3O. The van der Waals surface area contributed by atoms with Gasteiger partial charge in [-0.3, -0.25) is 0 Å². The maximum absolute atomic E-state index is 13.3. The average Bonchev–Trinajstić information content (AvgIpc) is 3.08. The Bertz CT molecular complexity index is 647. The van der Waals surface area contributed by atoms with Crippen molar-refractivity contribution in [3.63, 3.8) is 0 Å². The van der Waals surface area contributed by atoms with Gasteiger partial charge in [0, 0.05) is 12.1 Å². The van der Waals surface area contributed by atoms with E-state index in [2.05, 4.69) is 15.5 Å². The topological polar surface area (TPSA) is 51.0 Å². The van der Waals surface area contributed by atoms with Crippen molar-refractivity contribution in [1.82, 2.24) is 15.5 Å². The lowest BCUT2D eigenvalue weighted by Crippen LogP contribution is -2.44. The van der Waals surface area contributed by atoms with Crippen molar-refractivity contribution in [3.05, 3.63) is 36.0 Å². The normalized spacial score (nSPS) is 22.7. The third-order valence-corrected chi connectivity index (χ3v) is 3.62. The maximum Gasteiger partial charge on any atom is 0.404 e. The molecule has 2 heterocycles. The summed E-state index contributed by atoms with van der Waals surface area (Å²) in [7, 11) is 0. The van der Waals surface area contributed by atoms with Crippen LogP contribution in [0, 0.1) is 5.82 Å². The lowest BCUT2D eigenvalue weighted by molar-refractivity contribution is -0.191. The summed E-state index contributed by atoms with van der Waals surface area (Å²) in [5, 5.41) is 6.22. The second-order valence-electron chi connectivity index (χ2n) is 4.94. The van der Waals surface area contributed by atoms with Crippen molar-refractivity contribution in [3.8, 4) is 11.4 Å². The van der Waals surface area contributed by atoms with Crippen LogP contribution in [0.25, 0.3) is 11.4 Å². The molecule has 1 N–H and O–H groups in total. The van der Waals surface area contributed by atoms with Gasteiger partial charge in [0.2, 0.25) is 11.7 Å². The summed E-state index contributed by atoms with van der Waals surface area (Å²) >= 11 is 0. The van der Waals surface area contributed by atoms with E-state index >= 15 is 0 Å². The molecule has 2 aromatic rings. The highest BCUT2D eigenvalue weighted by molar-refractivity contribution is 5.54. The molecule has 1 aromatic carbocycles. The van der Waals surface area contributed by atoms with Gasteiger partial charge in [0.25, 0.3) is 0 Å². The van der Waals surface area contributed by atoms with Gasteiger partial charge in [-0.05, 0) is 25.1 Å². The molecule has 0 unspecified atom stereocenters. The molecule has 1 atom stereocenters. The SMILES string of the molecule is Fc1cccc(-c2noc([C@@]3(C(F)(F)F)CCNC3)n2)c1. The Hall–Kier alpha value is -1.96. The van der Waals surface area contributed by atoms with Gasteiger partial charge in [-0.15, -0.1) is 0 Å². The first-order chi connectivity index (χ1) is 9.92. The summed E-state index contributed by atoms with van der Waals surface area (Å²) in [5.41, 5.74) is -1.90. The Morgan fingerprint density at radius 3 is 2.71 bits per heavy atom. The number of nitrogens with one attached hydrogen (secondary N) is 1. The molecular weight excluding hydrogens is 290 g/mol. The third kappa shape index (κ3) is 2.29. The van der Waals surface area contributed by atoms with Crippen molar-refractivity contribution >= 4 is 0 Å². The minimum Gasteiger partial charge on any atom is -0.338 e. The van der Waals surface area contributed by atoms with Crippen LogP contribution < -0.4 is 5.32 Å². The molecule has 1 saturated heterocycles. The number of hydrogen-bond acceptors (Lipinski definition) is 4. The van der Waals surface area contributed by atoms with Crippen LogP contribution >= 0.6 is 0 Å². The Morgan fingerprint density at radius 2 is 2.10 bits per heavy atom. The number of halogens is 4. The average molecular weight is 301 g/mol. The van der Waals surface area contributed by atoms with E-state index in [9.17, 15) is 17.6 Å². The number of hydrogen-bond donors (Lipinski definition) is 1. The molecule has 1 aromatic heterocycles. The molecule has 4 nitrogen and oxygen atoms in total. The monoisotopic (exact) mass is 301 g/mol. The molecule has 8 heteroatoms. The highest BCUT2D eigenvalue weighted by Gasteiger charge is 2.61. The fourth-order valence-corrected chi connectivity index (χ4v) is 2.40. The van der Waals surface area contributed by atoms with E-state index in [0.29, 0.717) is 0 Å². The first-order valence-corrected chi connectivity index (χ1v) is 6.30. The Balaban J connectivity index is 2.01. The molecule has 0 saturated carbocycles. The van der Waals surface area contributed by atoms with Crippen LogP contribution in [0.2, 0.25) is 0 Å². The molecule has 0 aliphatic carbocycles. The lowest BCUT2D eigenvalue weighted by Gasteiger charge is -2.26. The Labute approximate surface area is 117 Å².